The van der Waals surface area contributed by atoms with Gasteiger partial charge < -0.3 is 31.2 Å². The number of hydrogen-bond donors (Lipinski definition) is 5. The number of rotatable bonds is 13. The Bertz CT molecular complexity index is 1970. The SMILES string of the molecule is CNC(=O)[C@H](Cc1ccc(C#N)cc1)Nc1nc(NCc2nc3cc(F)ccc3[nH]2)nc(Nc2cccc(CN3CCN(C=O)CC3)c2)n1. The monoisotopic (exact) mass is 662 g/mol. The Kier molecular flexibility index (Phi) is 10.2. The first-order chi connectivity index (χ1) is 23.9. The molecule has 14 nitrogen and oxygen atoms in total. The van der Waals surface area contributed by atoms with Crippen molar-refractivity contribution in [3.63, 3.8) is 0 Å². The summed E-state index contributed by atoms with van der Waals surface area (Å²) < 4.78 is 13.7. The summed E-state index contributed by atoms with van der Waals surface area (Å²) in [6, 6.07) is 20.6. The maximum atomic E-state index is 13.7. The van der Waals surface area contributed by atoms with Gasteiger partial charge in [-0.2, -0.15) is 20.2 Å². The zero-order valence-corrected chi connectivity index (χ0v) is 26.8. The lowest BCUT2D eigenvalue weighted by atomic mass is 10.0. The molecule has 5 aromatic rings. The standard InChI is InChI=1S/C34H35FN12O2/c1-37-31(49)29(16-22-5-7-23(18-36)8-6-22)42-34-44-32(38-19-30-40-27-10-9-25(35)17-28(27)41-30)43-33(45-34)39-26-4-2-3-24(15-26)20-46-11-13-47(21-48)14-12-46/h2-10,15,17,21,29H,11-14,16,19-20H2,1H3,(H,37,49)(H,40,41)(H3,38,39,42,43,44,45)/t29-/m0/s1. The van der Waals surface area contributed by atoms with Crippen LogP contribution >= 0.6 is 0 Å². The Morgan fingerprint density at radius 3 is 2.51 bits per heavy atom. The highest BCUT2D eigenvalue weighted by Crippen LogP contribution is 2.21. The van der Waals surface area contributed by atoms with Crippen molar-refractivity contribution in [1.29, 1.82) is 5.26 Å². The van der Waals surface area contributed by atoms with Gasteiger partial charge in [0.1, 0.15) is 17.7 Å². The third kappa shape index (κ3) is 8.62. The summed E-state index contributed by atoms with van der Waals surface area (Å²) in [5.41, 5.74) is 4.40. The number of amides is 2. The Balaban J connectivity index is 1.23. The maximum Gasteiger partial charge on any atom is 0.242 e. The summed E-state index contributed by atoms with van der Waals surface area (Å²) in [7, 11) is 1.55. The van der Waals surface area contributed by atoms with E-state index < -0.39 is 6.04 Å². The van der Waals surface area contributed by atoms with E-state index in [1.54, 1.807) is 42.3 Å². The molecule has 0 saturated carbocycles. The van der Waals surface area contributed by atoms with Crippen molar-refractivity contribution in [1.82, 2.24) is 40.0 Å². The van der Waals surface area contributed by atoms with Gasteiger partial charge in [-0.1, -0.05) is 24.3 Å². The number of nitrogens with one attached hydrogen (secondary N) is 5. The predicted octanol–water partition coefficient (Wildman–Crippen LogP) is 3.16. The van der Waals surface area contributed by atoms with Crippen LogP contribution in [0.5, 0.6) is 0 Å². The Morgan fingerprint density at radius 2 is 1.76 bits per heavy atom. The molecule has 49 heavy (non-hydrogen) atoms. The zero-order valence-electron chi connectivity index (χ0n) is 26.8. The number of aromatic amines is 1. The van der Waals surface area contributed by atoms with Gasteiger partial charge in [-0.25, -0.2) is 9.37 Å². The molecule has 0 unspecified atom stereocenters. The number of likely N-dealkylation sites (N-methyl/N-ethyl adjacent to an activating group) is 1. The van der Waals surface area contributed by atoms with Crippen molar-refractivity contribution in [3.8, 4) is 6.07 Å². The lowest BCUT2D eigenvalue weighted by Gasteiger charge is -2.32. The highest BCUT2D eigenvalue weighted by Gasteiger charge is 2.21. The van der Waals surface area contributed by atoms with Gasteiger partial charge >= 0.3 is 0 Å². The lowest BCUT2D eigenvalue weighted by Crippen LogP contribution is -2.45. The quantitative estimate of drug-likeness (QED) is 0.117. The van der Waals surface area contributed by atoms with Crippen LogP contribution in [0, 0.1) is 17.1 Å². The van der Waals surface area contributed by atoms with Gasteiger partial charge in [-0.05, 0) is 47.5 Å². The molecule has 5 N–H and O–H groups in total. The van der Waals surface area contributed by atoms with Gasteiger partial charge in [-0.15, -0.1) is 0 Å². The average molecular weight is 663 g/mol. The van der Waals surface area contributed by atoms with Crippen LogP contribution in [-0.2, 0) is 29.1 Å². The third-order valence-corrected chi connectivity index (χ3v) is 8.08. The predicted molar refractivity (Wildman–Crippen MR) is 182 cm³/mol. The molecule has 0 aliphatic carbocycles. The Morgan fingerprint density at radius 1 is 0.980 bits per heavy atom. The number of halogens is 1. The summed E-state index contributed by atoms with van der Waals surface area (Å²) in [5, 5.41) is 21.4. The third-order valence-electron chi connectivity index (χ3n) is 8.08. The van der Waals surface area contributed by atoms with Crippen LogP contribution in [0.2, 0.25) is 0 Å². The van der Waals surface area contributed by atoms with Crippen LogP contribution in [0.1, 0.15) is 22.5 Å². The van der Waals surface area contributed by atoms with Crippen molar-refractivity contribution >= 4 is 46.9 Å². The Hall–Kier alpha value is -6.14. The van der Waals surface area contributed by atoms with Crippen LogP contribution < -0.4 is 21.3 Å². The smallest absolute Gasteiger partial charge is 0.242 e. The number of benzene rings is 3. The van der Waals surface area contributed by atoms with Crippen molar-refractivity contribution in [2.24, 2.45) is 0 Å². The zero-order chi connectivity index (χ0) is 34.2. The van der Waals surface area contributed by atoms with E-state index in [-0.39, 0.29) is 36.1 Å². The number of fused-ring (bicyclic) bond motifs is 1. The van der Waals surface area contributed by atoms with E-state index in [1.807, 2.05) is 24.3 Å². The molecule has 1 fully saturated rings. The van der Waals surface area contributed by atoms with Crippen LogP contribution in [0.4, 0.5) is 27.9 Å². The molecule has 3 aromatic carbocycles. The van der Waals surface area contributed by atoms with Gasteiger partial charge in [-0.3, -0.25) is 14.5 Å². The summed E-state index contributed by atoms with van der Waals surface area (Å²) in [6.45, 7) is 3.92. The molecule has 1 aliphatic rings. The normalized spacial score (nSPS) is 13.8. The fraction of sp³-hybridized carbons (Fsp3) is 0.265. The molecule has 1 saturated heterocycles. The minimum absolute atomic E-state index is 0.151. The molecule has 6 rings (SSSR count). The first-order valence-electron chi connectivity index (χ1n) is 15.8. The fourth-order valence-electron chi connectivity index (χ4n) is 5.51. The number of nitriles is 1. The largest absolute Gasteiger partial charge is 0.357 e. The molecule has 2 aromatic heterocycles. The van der Waals surface area contributed by atoms with Crippen molar-refractivity contribution in [2.45, 2.75) is 25.6 Å². The topological polar surface area (TPSA) is 180 Å². The fourth-order valence-corrected chi connectivity index (χ4v) is 5.51. The second-order valence-corrected chi connectivity index (χ2v) is 11.6. The lowest BCUT2D eigenvalue weighted by molar-refractivity contribution is -0.121. The molecule has 0 spiro atoms. The minimum Gasteiger partial charge on any atom is -0.357 e. The number of carbonyl (C=O) groups excluding carboxylic acids is 2. The van der Waals surface area contributed by atoms with Gasteiger partial charge in [0.05, 0.1) is 29.2 Å². The van der Waals surface area contributed by atoms with E-state index in [1.165, 1.54) is 12.1 Å². The summed E-state index contributed by atoms with van der Waals surface area (Å²) in [6.07, 6.45) is 1.20. The van der Waals surface area contributed by atoms with Gasteiger partial charge in [0, 0.05) is 57.9 Å². The highest BCUT2D eigenvalue weighted by molar-refractivity contribution is 5.84. The average Bonchev–Trinajstić information content (AvgIpc) is 3.53. The Labute approximate surface area is 281 Å². The number of carbonyl (C=O) groups is 2. The van der Waals surface area contributed by atoms with E-state index in [0.717, 1.165) is 42.9 Å². The number of nitrogens with zero attached hydrogens (tertiary/aromatic N) is 7. The number of aromatic nitrogens is 5. The minimum atomic E-state index is -0.741. The molecule has 0 radical (unpaired) electrons. The molecule has 0 bridgehead atoms. The summed E-state index contributed by atoms with van der Waals surface area (Å²) in [5.74, 6) is 0.500. The van der Waals surface area contributed by atoms with Gasteiger partial charge in [0.25, 0.3) is 0 Å². The number of imidazole rings is 1. The second-order valence-electron chi connectivity index (χ2n) is 11.6. The summed E-state index contributed by atoms with van der Waals surface area (Å²) in [4.78, 5) is 49.5. The van der Waals surface area contributed by atoms with Crippen LogP contribution in [0.15, 0.2) is 66.7 Å². The first-order valence-corrected chi connectivity index (χ1v) is 15.8. The number of hydrogen-bond acceptors (Lipinski definition) is 11. The van der Waals surface area contributed by atoms with Crippen LogP contribution in [0.25, 0.3) is 11.0 Å². The molecule has 3 heterocycles. The highest BCUT2D eigenvalue weighted by atomic mass is 19.1. The number of anilines is 4. The van der Waals surface area contributed by atoms with Crippen LogP contribution in [-0.4, -0.2) is 86.3 Å². The van der Waals surface area contributed by atoms with Gasteiger partial charge in [0.15, 0.2) is 0 Å². The van der Waals surface area contributed by atoms with Crippen molar-refractivity contribution in [2.75, 3.05) is 49.2 Å². The van der Waals surface area contributed by atoms with E-state index in [2.05, 4.69) is 57.2 Å². The van der Waals surface area contributed by atoms with E-state index in [9.17, 15) is 14.0 Å². The molecule has 1 aliphatic heterocycles. The molecular weight excluding hydrogens is 627 g/mol. The van der Waals surface area contributed by atoms with E-state index in [0.29, 0.717) is 41.9 Å². The molecule has 2 amide bonds. The number of H-pyrrole nitrogens is 1. The molecular formula is C34H35FN12O2. The van der Waals surface area contributed by atoms with E-state index in [4.69, 9.17) is 5.26 Å². The maximum absolute atomic E-state index is 13.7. The second kappa shape index (κ2) is 15.2. The first kappa shape index (κ1) is 32.8. The van der Waals surface area contributed by atoms with Gasteiger partial charge in [0.2, 0.25) is 30.2 Å². The van der Waals surface area contributed by atoms with E-state index >= 15 is 0 Å². The number of piperazine rings is 1. The molecule has 1 atom stereocenters. The molecule has 250 valence electrons. The van der Waals surface area contributed by atoms with Crippen LogP contribution in [0.3, 0.4) is 0 Å². The molecule has 15 heteroatoms. The summed E-state index contributed by atoms with van der Waals surface area (Å²) >= 11 is 0. The van der Waals surface area contributed by atoms with Crippen molar-refractivity contribution in [3.05, 3.63) is 95.1 Å². The van der Waals surface area contributed by atoms with Crippen molar-refractivity contribution < 1.29 is 14.0 Å².